The Kier molecular flexibility index (Phi) is 4.38. The van der Waals surface area contributed by atoms with Crippen LogP contribution in [0.5, 0.6) is 5.75 Å². The first-order chi connectivity index (χ1) is 9.60. The Bertz CT molecular complexity index is 576. The second-order valence-corrected chi connectivity index (χ2v) is 4.53. The molecule has 20 heavy (non-hydrogen) atoms. The summed E-state index contributed by atoms with van der Waals surface area (Å²) in [5.41, 5.74) is 2.26. The lowest BCUT2D eigenvalue weighted by molar-refractivity contribution is -0.124. The molecule has 1 amide bonds. The van der Waals surface area contributed by atoms with Gasteiger partial charge in [-0.25, -0.2) is 0 Å². The minimum Gasteiger partial charge on any atom is -0.497 e. The molecule has 1 unspecified atom stereocenters. The van der Waals surface area contributed by atoms with Crippen LogP contribution in [0.4, 0.5) is 5.69 Å². The Balaban J connectivity index is 2.05. The topological polar surface area (TPSA) is 58.6 Å². The molecule has 0 aliphatic rings. The van der Waals surface area contributed by atoms with E-state index < -0.39 is 12.0 Å². The van der Waals surface area contributed by atoms with E-state index in [2.05, 4.69) is 5.32 Å². The number of anilines is 1. The molecule has 0 aliphatic carbocycles. The van der Waals surface area contributed by atoms with Gasteiger partial charge in [0.2, 0.25) is 0 Å². The van der Waals surface area contributed by atoms with Gasteiger partial charge in [0.15, 0.2) is 6.10 Å². The van der Waals surface area contributed by atoms with Crippen LogP contribution in [0.25, 0.3) is 0 Å². The highest BCUT2D eigenvalue weighted by Gasteiger charge is 2.17. The molecule has 2 N–H and O–H groups in total. The number of aliphatic hydroxyl groups is 1. The van der Waals surface area contributed by atoms with Gasteiger partial charge in [0, 0.05) is 5.69 Å². The van der Waals surface area contributed by atoms with Gasteiger partial charge in [-0.15, -0.1) is 0 Å². The first-order valence-corrected chi connectivity index (χ1v) is 6.29. The SMILES string of the molecule is COc1ccc(NC(=O)C(O)c2ccc(C)cc2)cc1. The lowest BCUT2D eigenvalue weighted by Gasteiger charge is -2.12. The predicted octanol–water partition coefficient (Wildman–Crippen LogP) is 2.68. The van der Waals surface area contributed by atoms with Gasteiger partial charge in [0.1, 0.15) is 5.75 Å². The molecule has 0 saturated carbocycles. The fourth-order valence-corrected chi connectivity index (χ4v) is 1.79. The molecule has 0 radical (unpaired) electrons. The van der Waals surface area contributed by atoms with Crippen LogP contribution in [-0.4, -0.2) is 18.1 Å². The molecule has 2 aromatic rings. The summed E-state index contributed by atoms with van der Waals surface area (Å²) in [4.78, 5) is 12.0. The average Bonchev–Trinajstić information content (AvgIpc) is 2.48. The number of rotatable bonds is 4. The number of ether oxygens (including phenoxy) is 1. The smallest absolute Gasteiger partial charge is 0.257 e. The molecule has 1 atom stereocenters. The highest BCUT2D eigenvalue weighted by molar-refractivity contribution is 5.94. The third kappa shape index (κ3) is 3.36. The van der Waals surface area contributed by atoms with Crippen LogP contribution in [0.3, 0.4) is 0 Å². The van der Waals surface area contributed by atoms with Crippen molar-refractivity contribution in [1.82, 2.24) is 0 Å². The van der Waals surface area contributed by atoms with Gasteiger partial charge in [-0.05, 0) is 36.8 Å². The Morgan fingerprint density at radius 3 is 2.25 bits per heavy atom. The largest absolute Gasteiger partial charge is 0.497 e. The fraction of sp³-hybridized carbons (Fsp3) is 0.188. The second kappa shape index (κ2) is 6.21. The monoisotopic (exact) mass is 271 g/mol. The average molecular weight is 271 g/mol. The lowest BCUT2D eigenvalue weighted by atomic mass is 10.1. The van der Waals surface area contributed by atoms with E-state index in [1.54, 1.807) is 43.5 Å². The van der Waals surface area contributed by atoms with Crippen LogP contribution >= 0.6 is 0 Å². The maximum atomic E-state index is 12.0. The molecule has 0 saturated heterocycles. The molecule has 2 aromatic carbocycles. The van der Waals surface area contributed by atoms with Crippen LogP contribution in [0.2, 0.25) is 0 Å². The number of hydrogen-bond acceptors (Lipinski definition) is 3. The zero-order valence-electron chi connectivity index (χ0n) is 11.5. The van der Waals surface area contributed by atoms with Gasteiger partial charge in [-0.3, -0.25) is 4.79 Å². The van der Waals surface area contributed by atoms with Crippen LogP contribution < -0.4 is 10.1 Å². The Hall–Kier alpha value is -2.33. The van der Waals surface area contributed by atoms with Gasteiger partial charge in [0.05, 0.1) is 7.11 Å². The van der Waals surface area contributed by atoms with E-state index >= 15 is 0 Å². The molecule has 0 aliphatic heterocycles. The normalized spacial score (nSPS) is 11.8. The minimum atomic E-state index is -1.18. The number of nitrogens with one attached hydrogen (secondary N) is 1. The summed E-state index contributed by atoms with van der Waals surface area (Å²) in [6, 6.07) is 14.1. The molecule has 0 bridgehead atoms. The molecule has 104 valence electrons. The van der Waals surface area contributed by atoms with Crippen molar-refractivity contribution in [1.29, 1.82) is 0 Å². The summed E-state index contributed by atoms with van der Waals surface area (Å²) in [7, 11) is 1.58. The van der Waals surface area contributed by atoms with Gasteiger partial charge in [-0.1, -0.05) is 29.8 Å². The first kappa shape index (κ1) is 14.1. The quantitative estimate of drug-likeness (QED) is 0.898. The van der Waals surface area contributed by atoms with Crippen molar-refractivity contribution in [2.24, 2.45) is 0 Å². The maximum absolute atomic E-state index is 12.0. The zero-order valence-corrected chi connectivity index (χ0v) is 11.5. The summed E-state index contributed by atoms with van der Waals surface area (Å²) in [5.74, 6) is 0.251. The van der Waals surface area contributed by atoms with Crippen LogP contribution in [0.1, 0.15) is 17.2 Å². The summed E-state index contributed by atoms with van der Waals surface area (Å²) < 4.78 is 5.04. The van der Waals surface area contributed by atoms with Gasteiger partial charge in [0.25, 0.3) is 5.91 Å². The standard InChI is InChI=1S/C16H17NO3/c1-11-3-5-12(6-4-11)15(18)16(19)17-13-7-9-14(20-2)10-8-13/h3-10,15,18H,1-2H3,(H,17,19). The number of amides is 1. The number of carbonyl (C=O) groups is 1. The molecular formula is C16H17NO3. The molecule has 2 rings (SSSR count). The minimum absolute atomic E-state index is 0.459. The number of methoxy groups -OCH3 is 1. The molecule has 0 spiro atoms. The number of benzene rings is 2. The van der Waals surface area contributed by atoms with Crippen molar-refractivity contribution in [2.45, 2.75) is 13.0 Å². The number of aliphatic hydroxyl groups excluding tert-OH is 1. The van der Waals surface area contributed by atoms with Crippen LogP contribution in [0, 0.1) is 6.92 Å². The van der Waals surface area contributed by atoms with E-state index in [-0.39, 0.29) is 0 Å². The molecule has 0 aromatic heterocycles. The van der Waals surface area contributed by atoms with Crippen LogP contribution in [-0.2, 0) is 4.79 Å². The van der Waals surface area contributed by atoms with E-state index in [0.717, 1.165) is 5.56 Å². The number of carbonyl (C=O) groups excluding carboxylic acids is 1. The van der Waals surface area contributed by atoms with Gasteiger partial charge in [-0.2, -0.15) is 0 Å². The maximum Gasteiger partial charge on any atom is 0.257 e. The Morgan fingerprint density at radius 2 is 1.70 bits per heavy atom. The summed E-state index contributed by atoms with van der Waals surface area (Å²) >= 11 is 0. The summed E-state index contributed by atoms with van der Waals surface area (Å²) in [6.07, 6.45) is -1.18. The lowest BCUT2D eigenvalue weighted by Crippen LogP contribution is -2.20. The molecule has 4 nitrogen and oxygen atoms in total. The van der Waals surface area contributed by atoms with E-state index in [0.29, 0.717) is 17.0 Å². The van der Waals surface area contributed by atoms with Gasteiger partial charge < -0.3 is 15.2 Å². The van der Waals surface area contributed by atoms with Crippen molar-refractivity contribution in [3.63, 3.8) is 0 Å². The van der Waals surface area contributed by atoms with Gasteiger partial charge >= 0.3 is 0 Å². The van der Waals surface area contributed by atoms with E-state index in [4.69, 9.17) is 4.74 Å². The number of aryl methyl sites for hydroxylation is 1. The highest BCUT2D eigenvalue weighted by atomic mass is 16.5. The summed E-state index contributed by atoms with van der Waals surface area (Å²) in [6.45, 7) is 1.95. The number of hydrogen-bond donors (Lipinski definition) is 2. The molecule has 0 fully saturated rings. The Morgan fingerprint density at radius 1 is 1.10 bits per heavy atom. The Labute approximate surface area is 118 Å². The molecule has 4 heteroatoms. The fourth-order valence-electron chi connectivity index (χ4n) is 1.79. The third-order valence-electron chi connectivity index (χ3n) is 3.00. The van der Waals surface area contributed by atoms with Crippen molar-refractivity contribution in [2.75, 3.05) is 12.4 Å². The molecular weight excluding hydrogens is 254 g/mol. The predicted molar refractivity (Wildman–Crippen MR) is 77.8 cm³/mol. The van der Waals surface area contributed by atoms with Crippen molar-refractivity contribution < 1.29 is 14.6 Å². The van der Waals surface area contributed by atoms with Crippen molar-refractivity contribution in [3.8, 4) is 5.75 Å². The summed E-state index contributed by atoms with van der Waals surface area (Å²) in [5, 5.41) is 12.7. The van der Waals surface area contributed by atoms with Crippen molar-refractivity contribution in [3.05, 3.63) is 59.7 Å². The van der Waals surface area contributed by atoms with E-state index in [1.165, 1.54) is 0 Å². The second-order valence-electron chi connectivity index (χ2n) is 4.53. The first-order valence-electron chi connectivity index (χ1n) is 6.29. The van der Waals surface area contributed by atoms with E-state index in [1.807, 2.05) is 19.1 Å². The van der Waals surface area contributed by atoms with E-state index in [9.17, 15) is 9.90 Å². The van der Waals surface area contributed by atoms with Crippen molar-refractivity contribution >= 4 is 11.6 Å². The molecule has 0 heterocycles. The highest BCUT2D eigenvalue weighted by Crippen LogP contribution is 2.18. The third-order valence-corrected chi connectivity index (χ3v) is 3.00. The van der Waals surface area contributed by atoms with Crippen LogP contribution in [0.15, 0.2) is 48.5 Å². The zero-order chi connectivity index (χ0) is 14.5.